The molecule has 2 heterocycles. The van der Waals surface area contributed by atoms with Crippen molar-refractivity contribution in [2.45, 2.75) is 18.7 Å². The van der Waals surface area contributed by atoms with Gasteiger partial charge in [0, 0.05) is 11.1 Å². The van der Waals surface area contributed by atoms with Gasteiger partial charge in [-0.1, -0.05) is 83.2 Å². The van der Waals surface area contributed by atoms with Crippen molar-refractivity contribution in [2.24, 2.45) is 0 Å². The van der Waals surface area contributed by atoms with Gasteiger partial charge in [-0.3, -0.25) is 0 Å². The minimum Gasteiger partial charge on any atom is -0.381 e. The number of aliphatic hydroxyl groups is 1. The Morgan fingerprint density at radius 1 is 0.667 bits per heavy atom. The second kappa shape index (κ2) is 8.76. The summed E-state index contributed by atoms with van der Waals surface area (Å²) in [5.41, 5.74) is 2.36. The maximum atomic E-state index is 13.6. The highest BCUT2D eigenvalue weighted by Gasteiger charge is 2.32. The molecule has 8 heteroatoms. The van der Waals surface area contributed by atoms with E-state index in [0.29, 0.717) is 17.0 Å². The third kappa shape index (κ3) is 4.56. The monoisotopic (exact) mass is 440 g/mol. The summed E-state index contributed by atoms with van der Waals surface area (Å²) in [5, 5.41) is 28.6. The number of aromatic nitrogens is 6. The van der Waals surface area contributed by atoms with Crippen LogP contribution in [-0.4, -0.2) is 35.1 Å². The molecule has 0 bridgehead atoms. The number of rotatable bonds is 7. The lowest BCUT2D eigenvalue weighted by Gasteiger charge is -2.28. The van der Waals surface area contributed by atoms with Crippen molar-refractivity contribution in [1.82, 2.24) is 30.0 Å². The molecule has 5 aromatic rings. The topological polar surface area (TPSA) is 81.6 Å². The molecule has 0 atom stereocenters. The largest absolute Gasteiger partial charge is 0.381 e. The summed E-state index contributed by atoms with van der Waals surface area (Å²) in [7, 11) is 0. The van der Waals surface area contributed by atoms with Crippen LogP contribution in [0.25, 0.3) is 22.5 Å². The molecule has 1 N–H and O–H groups in total. The van der Waals surface area contributed by atoms with Crippen molar-refractivity contribution in [1.29, 1.82) is 0 Å². The van der Waals surface area contributed by atoms with Crippen LogP contribution in [-0.2, 0) is 18.7 Å². The minimum atomic E-state index is -1.43. The molecule has 0 aliphatic rings. The van der Waals surface area contributed by atoms with Crippen LogP contribution in [0.5, 0.6) is 0 Å². The van der Waals surface area contributed by atoms with E-state index in [1.807, 2.05) is 60.7 Å². The van der Waals surface area contributed by atoms with Crippen LogP contribution in [0.2, 0.25) is 0 Å². The Bertz CT molecular complexity index is 1250. The average molecular weight is 440 g/mol. The summed E-state index contributed by atoms with van der Waals surface area (Å²) >= 11 is 0. The van der Waals surface area contributed by atoms with Crippen LogP contribution in [0, 0.1) is 5.82 Å². The van der Waals surface area contributed by atoms with Gasteiger partial charge >= 0.3 is 0 Å². The quantitative estimate of drug-likeness (QED) is 0.415. The predicted octanol–water partition coefficient (Wildman–Crippen LogP) is 3.93. The van der Waals surface area contributed by atoms with Gasteiger partial charge in [0.15, 0.2) is 0 Å². The third-order valence-corrected chi connectivity index (χ3v) is 5.45. The highest BCUT2D eigenvalue weighted by atomic mass is 19.1. The predicted molar refractivity (Wildman–Crippen MR) is 121 cm³/mol. The van der Waals surface area contributed by atoms with Gasteiger partial charge in [-0.25, -0.2) is 13.8 Å². The van der Waals surface area contributed by atoms with E-state index in [2.05, 4.69) is 20.6 Å². The van der Waals surface area contributed by atoms with Crippen molar-refractivity contribution < 1.29 is 9.50 Å². The molecule has 0 aliphatic carbocycles. The highest BCUT2D eigenvalue weighted by molar-refractivity contribution is 5.57. The van der Waals surface area contributed by atoms with Crippen molar-refractivity contribution in [2.75, 3.05) is 0 Å². The van der Waals surface area contributed by atoms with E-state index < -0.39 is 5.60 Å². The molecule has 0 amide bonds. The van der Waals surface area contributed by atoms with Crippen LogP contribution < -0.4 is 0 Å². The first kappa shape index (κ1) is 20.7. The SMILES string of the molecule is OC(Cn1cc(-c2ccccc2)nn1)(Cn1cc(-c2ccccc2)nn1)c1ccc(F)cc1. The summed E-state index contributed by atoms with van der Waals surface area (Å²) < 4.78 is 16.7. The van der Waals surface area contributed by atoms with Gasteiger partial charge in [-0.05, 0) is 17.7 Å². The fourth-order valence-electron chi connectivity index (χ4n) is 3.76. The first-order chi connectivity index (χ1) is 16.1. The Morgan fingerprint density at radius 2 is 1.12 bits per heavy atom. The first-order valence-corrected chi connectivity index (χ1v) is 10.5. The van der Waals surface area contributed by atoms with Crippen LogP contribution in [0.15, 0.2) is 97.3 Å². The number of nitrogens with zero attached hydrogens (tertiary/aromatic N) is 6. The number of hydrogen-bond acceptors (Lipinski definition) is 5. The maximum Gasteiger partial charge on any atom is 0.129 e. The zero-order chi connectivity index (χ0) is 22.7. The van der Waals surface area contributed by atoms with Crippen LogP contribution in [0.4, 0.5) is 4.39 Å². The molecule has 33 heavy (non-hydrogen) atoms. The standard InChI is InChI=1S/C25H21FN6O/c26-22-13-11-21(12-14-22)25(33,17-31-15-23(27-29-31)19-7-3-1-4-8-19)18-32-16-24(28-30-32)20-9-5-2-6-10-20/h1-16,33H,17-18H2. The molecule has 0 fully saturated rings. The maximum absolute atomic E-state index is 13.6. The molecule has 7 nitrogen and oxygen atoms in total. The van der Waals surface area contributed by atoms with E-state index in [9.17, 15) is 9.50 Å². The first-order valence-electron chi connectivity index (χ1n) is 10.5. The van der Waals surface area contributed by atoms with Gasteiger partial charge < -0.3 is 5.11 Å². The van der Waals surface area contributed by atoms with Gasteiger partial charge in [0.2, 0.25) is 0 Å². The van der Waals surface area contributed by atoms with Gasteiger partial charge in [0.1, 0.15) is 22.8 Å². The molecule has 0 saturated carbocycles. The second-order valence-electron chi connectivity index (χ2n) is 7.87. The summed E-state index contributed by atoms with van der Waals surface area (Å²) in [6.07, 6.45) is 3.56. The summed E-state index contributed by atoms with van der Waals surface area (Å²) in [4.78, 5) is 0. The fraction of sp³-hybridized carbons (Fsp3) is 0.120. The zero-order valence-corrected chi connectivity index (χ0v) is 17.7. The number of hydrogen-bond donors (Lipinski definition) is 1. The van der Waals surface area contributed by atoms with E-state index in [-0.39, 0.29) is 18.9 Å². The molecule has 0 unspecified atom stereocenters. The molecule has 3 aromatic carbocycles. The van der Waals surface area contributed by atoms with Crippen molar-refractivity contribution in [3.05, 3.63) is 109 Å². The number of halogens is 1. The third-order valence-electron chi connectivity index (χ3n) is 5.45. The molecule has 0 saturated heterocycles. The Morgan fingerprint density at radius 3 is 1.58 bits per heavy atom. The molecule has 2 aromatic heterocycles. The van der Waals surface area contributed by atoms with E-state index in [1.54, 1.807) is 33.9 Å². The smallest absolute Gasteiger partial charge is 0.129 e. The van der Waals surface area contributed by atoms with Gasteiger partial charge in [-0.2, -0.15) is 0 Å². The molecule has 5 rings (SSSR count). The average Bonchev–Trinajstić information content (AvgIpc) is 3.50. The zero-order valence-electron chi connectivity index (χ0n) is 17.7. The lowest BCUT2D eigenvalue weighted by Crippen LogP contribution is -2.36. The molecule has 0 radical (unpaired) electrons. The lowest BCUT2D eigenvalue weighted by molar-refractivity contribution is -0.00616. The summed E-state index contributed by atoms with van der Waals surface area (Å²) in [5.74, 6) is -0.375. The number of benzene rings is 3. The van der Waals surface area contributed by atoms with E-state index >= 15 is 0 Å². The van der Waals surface area contributed by atoms with Crippen LogP contribution in [0.1, 0.15) is 5.56 Å². The van der Waals surface area contributed by atoms with Crippen LogP contribution in [0.3, 0.4) is 0 Å². The normalized spacial score (nSPS) is 11.6. The van der Waals surface area contributed by atoms with Crippen LogP contribution >= 0.6 is 0 Å². The Labute approximate surface area is 189 Å². The summed E-state index contributed by atoms with van der Waals surface area (Å²) in [6, 6.07) is 25.2. The molecule has 164 valence electrons. The molecule has 0 spiro atoms. The minimum absolute atomic E-state index is 0.0962. The molecule has 0 aliphatic heterocycles. The Balaban J connectivity index is 1.45. The molecular formula is C25H21FN6O. The Kier molecular flexibility index (Phi) is 5.50. The summed E-state index contributed by atoms with van der Waals surface area (Å²) in [6.45, 7) is 0.192. The highest BCUT2D eigenvalue weighted by Crippen LogP contribution is 2.27. The molecular weight excluding hydrogens is 419 g/mol. The Hall–Kier alpha value is -4.17. The van der Waals surface area contributed by atoms with Crippen molar-refractivity contribution in [3.63, 3.8) is 0 Å². The van der Waals surface area contributed by atoms with Gasteiger partial charge in [-0.15, -0.1) is 10.2 Å². The van der Waals surface area contributed by atoms with E-state index in [4.69, 9.17) is 0 Å². The van der Waals surface area contributed by atoms with E-state index in [1.165, 1.54) is 12.1 Å². The van der Waals surface area contributed by atoms with Gasteiger partial charge in [0.25, 0.3) is 0 Å². The fourth-order valence-corrected chi connectivity index (χ4v) is 3.76. The second-order valence-corrected chi connectivity index (χ2v) is 7.87. The van der Waals surface area contributed by atoms with Gasteiger partial charge in [0.05, 0.1) is 25.5 Å². The van der Waals surface area contributed by atoms with Crippen molar-refractivity contribution in [3.8, 4) is 22.5 Å². The lowest BCUT2D eigenvalue weighted by atomic mass is 9.93. The van der Waals surface area contributed by atoms with E-state index in [0.717, 1.165) is 11.1 Å². The van der Waals surface area contributed by atoms with Crippen molar-refractivity contribution >= 4 is 0 Å².